The Balaban J connectivity index is 1.39. The number of carbonyl (C=O) groups is 2. The molecule has 2 heterocycles. The lowest BCUT2D eigenvalue weighted by molar-refractivity contribution is 0.0989. The number of nitrogens with zero attached hydrogens (tertiary/aromatic N) is 1. The van der Waals surface area contributed by atoms with Crippen LogP contribution in [0.25, 0.3) is 0 Å². The molecule has 1 aliphatic rings. The zero-order valence-electron chi connectivity index (χ0n) is 16.7. The summed E-state index contributed by atoms with van der Waals surface area (Å²) in [6.45, 7) is 1.33. The number of hydrogen-bond donors (Lipinski definition) is 2. The minimum absolute atomic E-state index is 0.0438. The predicted molar refractivity (Wildman–Crippen MR) is 113 cm³/mol. The number of methoxy groups -OCH3 is 1. The third-order valence-electron chi connectivity index (χ3n) is 5.08. The molecule has 0 spiro atoms. The summed E-state index contributed by atoms with van der Waals surface area (Å²) in [5, 5.41) is 5.58. The highest BCUT2D eigenvalue weighted by Gasteiger charge is 2.25. The fraction of sp³-hybridized carbons (Fsp3) is 0.217. The zero-order valence-corrected chi connectivity index (χ0v) is 16.7. The minimum atomic E-state index is -0.280. The molecular weight excluding hydrogens is 382 g/mol. The minimum Gasteiger partial charge on any atom is -0.497 e. The van der Waals surface area contributed by atoms with E-state index in [0.29, 0.717) is 36.7 Å². The normalized spacial score (nSPS) is 12.4. The maximum atomic E-state index is 13.0. The molecule has 1 aliphatic heterocycles. The van der Waals surface area contributed by atoms with Crippen LogP contribution >= 0.6 is 0 Å². The predicted octanol–water partition coefficient (Wildman–Crippen LogP) is 3.49. The largest absolute Gasteiger partial charge is 0.497 e. The number of anilines is 1. The lowest BCUT2D eigenvalue weighted by Crippen LogP contribution is -2.34. The van der Waals surface area contributed by atoms with Crippen LogP contribution in [0, 0.1) is 0 Å². The number of nitrogens with one attached hydrogen (secondary N) is 2. The van der Waals surface area contributed by atoms with Gasteiger partial charge in [0.15, 0.2) is 0 Å². The fourth-order valence-electron chi connectivity index (χ4n) is 3.46. The summed E-state index contributed by atoms with van der Waals surface area (Å²) in [4.78, 5) is 26.8. The molecule has 0 aliphatic carbocycles. The Labute approximate surface area is 174 Å². The first-order valence-corrected chi connectivity index (χ1v) is 9.76. The third-order valence-corrected chi connectivity index (χ3v) is 5.08. The summed E-state index contributed by atoms with van der Waals surface area (Å²) in [7, 11) is 1.60. The number of amides is 3. The lowest BCUT2D eigenvalue weighted by Gasteiger charge is -2.18. The van der Waals surface area contributed by atoms with Crippen molar-refractivity contribution in [2.75, 3.05) is 18.6 Å². The molecule has 7 nitrogen and oxygen atoms in total. The molecule has 3 amide bonds. The van der Waals surface area contributed by atoms with Crippen molar-refractivity contribution in [1.82, 2.24) is 10.6 Å². The van der Waals surface area contributed by atoms with Crippen molar-refractivity contribution in [2.24, 2.45) is 0 Å². The second kappa shape index (κ2) is 8.73. The van der Waals surface area contributed by atoms with Crippen molar-refractivity contribution in [3.63, 3.8) is 0 Å². The molecule has 1 aromatic heterocycles. The molecule has 2 N–H and O–H groups in total. The molecule has 4 rings (SSSR count). The van der Waals surface area contributed by atoms with E-state index < -0.39 is 0 Å². The van der Waals surface area contributed by atoms with Gasteiger partial charge >= 0.3 is 6.03 Å². The Morgan fingerprint density at radius 2 is 1.87 bits per heavy atom. The summed E-state index contributed by atoms with van der Waals surface area (Å²) in [6, 6.07) is 16.4. The molecule has 3 aromatic rings. The maximum Gasteiger partial charge on any atom is 0.315 e. The summed E-state index contributed by atoms with van der Waals surface area (Å²) < 4.78 is 10.4. The SMILES string of the molecule is COc1ccc(C(=O)N2CCc3ccc(CNC(=O)NCc4ccco4)cc32)cc1. The molecule has 7 heteroatoms. The number of rotatable bonds is 6. The number of ether oxygens (including phenoxy) is 1. The molecule has 0 saturated heterocycles. The zero-order chi connectivity index (χ0) is 20.9. The molecule has 0 atom stereocenters. The van der Waals surface area contributed by atoms with E-state index in [1.54, 1.807) is 54.7 Å². The molecule has 0 unspecified atom stereocenters. The second-order valence-electron chi connectivity index (χ2n) is 7.01. The van der Waals surface area contributed by atoms with E-state index >= 15 is 0 Å². The maximum absolute atomic E-state index is 13.0. The average Bonchev–Trinajstić information content (AvgIpc) is 3.45. The number of fused-ring (bicyclic) bond motifs is 1. The van der Waals surface area contributed by atoms with Gasteiger partial charge in [-0.3, -0.25) is 4.79 Å². The lowest BCUT2D eigenvalue weighted by atomic mass is 10.1. The molecule has 0 fully saturated rings. The summed E-state index contributed by atoms with van der Waals surface area (Å²) in [5.41, 5.74) is 3.56. The van der Waals surface area contributed by atoms with Crippen molar-refractivity contribution in [2.45, 2.75) is 19.5 Å². The molecule has 0 radical (unpaired) electrons. The molecule has 154 valence electrons. The van der Waals surface area contributed by atoms with Crippen LogP contribution < -0.4 is 20.3 Å². The average molecular weight is 405 g/mol. The van der Waals surface area contributed by atoms with Crippen LogP contribution in [0.1, 0.15) is 27.2 Å². The van der Waals surface area contributed by atoms with Gasteiger partial charge in [-0.15, -0.1) is 0 Å². The van der Waals surface area contributed by atoms with Gasteiger partial charge in [0.05, 0.1) is 19.9 Å². The van der Waals surface area contributed by atoms with E-state index in [2.05, 4.69) is 10.6 Å². The van der Waals surface area contributed by atoms with Gasteiger partial charge in [-0.1, -0.05) is 12.1 Å². The van der Waals surface area contributed by atoms with Crippen molar-refractivity contribution in [3.8, 4) is 5.75 Å². The highest BCUT2D eigenvalue weighted by molar-refractivity contribution is 6.07. The Hall–Kier alpha value is -3.74. The third kappa shape index (κ3) is 4.30. The molecule has 2 aromatic carbocycles. The van der Waals surface area contributed by atoms with Crippen LogP contribution in [0.3, 0.4) is 0 Å². The van der Waals surface area contributed by atoms with E-state index in [-0.39, 0.29) is 11.9 Å². The molecule has 0 bridgehead atoms. The van der Waals surface area contributed by atoms with Crippen LogP contribution in [0.4, 0.5) is 10.5 Å². The van der Waals surface area contributed by atoms with Crippen molar-refractivity contribution < 1.29 is 18.7 Å². The van der Waals surface area contributed by atoms with E-state index in [4.69, 9.17) is 9.15 Å². The Morgan fingerprint density at radius 3 is 2.60 bits per heavy atom. The number of furan rings is 1. The number of benzene rings is 2. The van der Waals surface area contributed by atoms with Crippen molar-refractivity contribution >= 4 is 17.6 Å². The van der Waals surface area contributed by atoms with Gasteiger partial charge < -0.3 is 24.7 Å². The van der Waals surface area contributed by atoms with Gasteiger partial charge in [0.1, 0.15) is 11.5 Å². The van der Waals surface area contributed by atoms with Gasteiger partial charge in [0.25, 0.3) is 5.91 Å². The highest BCUT2D eigenvalue weighted by atomic mass is 16.5. The van der Waals surface area contributed by atoms with Gasteiger partial charge in [-0.25, -0.2) is 4.79 Å². The number of hydrogen-bond acceptors (Lipinski definition) is 4. The Kier molecular flexibility index (Phi) is 5.70. The van der Waals surface area contributed by atoms with E-state index in [1.807, 2.05) is 18.2 Å². The van der Waals surface area contributed by atoms with Gasteiger partial charge in [-0.05, 0) is 60.0 Å². The molecule has 30 heavy (non-hydrogen) atoms. The van der Waals surface area contributed by atoms with Crippen LogP contribution in [-0.2, 0) is 19.5 Å². The highest BCUT2D eigenvalue weighted by Crippen LogP contribution is 2.30. The van der Waals surface area contributed by atoms with Crippen molar-refractivity contribution in [3.05, 3.63) is 83.3 Å². The first kappa shape index (κ1) is 19.6. The Morgan fingerprint density at radius 1 is 1.07 bits per heavy atom. The number of carbonyl (C=O) groups excluding carboxylic acids is 2. The quantitative estimate of drug-likeness (QED) is 0.658. The first-order valence-electron chi connectivity index (χ1n) is 9.76. The van der Waals surface area contributed by atoms with Crippen LogP contribution in [0.2, 0.25) is 0 Å². The smallest absolute Gasteiger partial charge is 0.315 e. The van der Waals surface area contributed by atoms with Crippen LogP contribution in [-0.4, -0.2) is 25.6 Å². The van der Waals surface area contributed by atoms with Crippen LogP contribution in [0.15, 0.2) is 65.3 Å². The summed E-state index contributed by atoms with van der Waals surface area (Å²) >= 11 is 0. The van der Waals surface area contributed by atoms with Gasteiger partial charge in [0, 0.05) is 24.3 Å². The van der Waals surface area contributed by atoms with E-state index in [9.17, 15) is 9.59 Å². The van der Waals surface area contributed by atoms with Gasteiger partial charge in [-0.2, -0.15) is 0 Å². The summed E-state index contributed by atoms with van der Waals surface area (Å²) in [6.07, 6.45) is 2.38. The standard InChI is InChI=1S/C23H23N3O4/c1-29-19-8-6-18(7-9-19)22(27)26-11-10-17-5-4-16(13-21(17)26)14-24-23(28)25-15-20-3-2-12-30-20/h2-9,12-13H,10-11,14-15H2,1H3,(H2,24,25,28). The van der Waals surface area contributed by atoms with Crippen molar-refractivity contribution in [1.29, 1.82) is 0 Å². The molecular formula is C23H23N3O4. The Bertz CT molecular complexity index is 1030. The molecule has 0 saturated carbocycles. The summed E-state index contributed by atoms with van der Waals surface area (Å²) in [5.74, 6) is 1.36. The van der Waals surface area contributed by atoms with Gasteiger partial charge in [0.2, 0.25) is 0 Å². The fourth-order valence-corrected chi connectivity index (χ4v) is 3.46. The van der Waals surface area contributed by atoms with E-state index in [1.165, 1.54) is 0 Å². The monoisotopic (exact) mass is 405 g/mol. The first-order chi connectivity index (χ1) is 14.6. The topological polar surface area (TPSA) is 83.8 Å². The van der Waals surface area contributed by atoms with Crippen LogP contribution in [0.5, 0.6) is 5.75 Å². The van der Waals surface area contributed by atoms with E-state index in [0.717, 1.165) is 23.2 Å². The second-order valence-corrected chi connectivity index (χ2v) is 7.01. The number of urea groups is 1.